The third kappa shape index (κ3) is 4.19. The van der Waals surface area contributed by atoms with Crippen molar-refractivity contribution in [1.29, 1.82) is 5.26 Å². The van der Waals surface area contributed by atoms with Gasteiger partial charge < -0.3 is 0 Å². The molecule has 0 spiro atoms. The summed E-state index contributed by atoms with van der Waals surface area (Å²) in [7, 11) is 0. The Bertz CT molecular complexity index is 1110. The lowest BCUT2D eigenvalue weighted by molar-refractivity contribution is 0.895. The predicted octanol–water partition coefficient (Wildman–Crippen LogP) is 6.47. The van der Waals surface area contributed by atoms with E-state index in [1.165, 1.54) is 5.56 Å². The van der Waals surface area contributed by atoms with Crippen molar-refractivity contribution in [2.75, 3.05) is 0 Å². The molecule has 1 heterocycles. The van der Waals surface area contributed by atoms with E-state index in [0.717, 1.165) is 32.3 Å². The minimum Gasteiger partial charge on any atom is -0.294 e. The lowest BCUT2D eigenvalue weighted by Crippen LogP contribution is -1.95. The average Bonchev–Trinajstić information content (AvgIpc) is 3.18. The SMILES string of the molecule is N#Cc1ccc(-c2cn(-c3ccc(Br)cc3)c(SCc3ccccc3)n2)cc1. The molecule has 136 valence electrons. The molecule has 0 fully saturated rings. The van der Waals surface area contributed by atoms with E-state index in [9.17, 15) is 0 Å². The van der Waals surface area contributed by atoms with Crippen molar-refractivity contribution in [3.8, 4) is 23.0 Å². The van der Waals surface area contributed by atoms with Crippen LogP contribution in [0.4, 0.5) is 0 Å². The number of nitriles is 1. The first-order valence-electron chi connectivity index (χ1n) is 8.75. The highest BCUT2D eigenvalue weighted by atomic mass is 79.9. The fourth-order valence-corrected chi connectivity index (χ4v) is 4.04. The highest BCUT2D eigenvalue weighted by molar-refractivity contribution is 9.10. The maximum atomic E-state index is 9.02. The number of benzene rings is 3. The van der Waals surface area contributed by atoms with Crippen LogP contribution in [0.15, 0.2) is 94.7 Å². The molecule has 0 amide bonds. The van der Waals surface area contributed by atoms with E-state index in [-0.39, 0.29) is 0 Å². The van der Waals surface area contributed by atoms with Gasteiger partial charge in [0.1, 0.15) is 0 Å². The van der Waals surface area contributed by atoms with E-state index < -0.39 is 0 Å². The fraction of sp³-hybridized carbons (Fsp3) is 0.0435. The van der Waals surface area contributed by atoms with Crippen molar-refractivity contribution in [2.45, 2.75) is 10.9 Å². The maximum absolute atomic E-state index is 9.02. The number of hydrogen-bond donors (Lipinski definition) is 0. The molecular weight excluding hydrogens is 430 g/mol. The maximum Gasteiger partial charge on any atom is 0.173 e. The largest absolute Gasteiger partial charge is 0.294 e. The number of thioether (sulfide) groups is 1. The molecular formula is C23H16BrN3S. The lowest BCUT2D eigenvalue weighted by Gasteiger charge is -2.07. The van der Waals surface area contributed by atoms with Gasteiger partial charge in [0.05, 0.1) is 17.3 Å². The van der Waals surface area contributed by atoms with Gasteiger partial charge in [0.25, 0.3) is 0 Å². The monoisotopic (exact) mass is 445 g/mol. The Morgan fingerprint density at radius 2 is 1.64 bits per heavy atom. The summed E-state index contributed by atoms with van der Waals surface area (Å²) in [5.41, 5.74) is 4.86. The third-order valence-corrected chi connectivity index (χ3v) is 5.85. The molecule has 5 heteroatoms. The molecule has 0 aliphatic heterocycles. The Hall–Kier alpha value is -2.81. The molecule has 0 saturated carbocycles. The van der Waals surface area contributed by atoms with Crippen molar-refractivity contribution in [1.82, 2.24) is 9.55 Å². The molecule has 3 aromatic carbocycles. The molecule has 28 heavy (non-hydrogen) atoms. The summed E-state index contributed by atoms with van der Waals surface area (Å²) in [4.78, 5) is 4.88. The fourth-order valence-electron chi connectivity index (χ4n) is 2.83. The number of nitrogens with zero attached hydrogens (tertiary/aromatic N) is 3. The van der Waals surface area contributed by atoms with Gasteiger partial charge >= 0.3 is 0 Å². The smallest absolute Gasteiger partial charge is 0.173 e. The molecule has 3 nitrogen and oxygen atoms in total. The molecule has 0 unspecified atom stereocenters. The number of aromatic nitrogens is 2. The van der Waals surface area contributed by atoms with Crippen LogP contribution in [-0.4, -0.2) is 9.55 Å². The van der Waals surface area contributed by atoms with Crippen LogP contribution in [0.5, 0.6) is 0 Å². The first-order valence-corrected chi connectivity index (χ1v) is 10.5. The quantitative estimate of drug-likeness (QED) is 0.330. The van der Waals surface area contributed by atoms with Gasteiger partial charge in [-0.15, -0.1) is 0 Å². The van der Waals surface area contributed by atoms with Crippen molar-refractivity contribution >= 4 is 27.7 Å². The second-order valence-electron chi connectivity index (χ2n) is 6.22. The Morgan fingerprint density at radius 1 is 0.929 bits per heavy atom. The Balaban J connectivity index is 1.70. The summed E-state index contributed by atoms with van der Waals surface area (Å²) in [5, 5.41) is 9.96. The molecule has 1 aromatic heterocycles. The van der Waals surface area contributed by atoms with Gasteiger partial charge in [-0.3, -0.25) is 4.57 Å². The first kappa shape index (κ1) is 18.5. The first-order chi connectivity index (χ1) is 13.7. The van der Waals surface area contributed by atoms with Crippen LogP contribution < -0.4 is 0 Å². The van der Waals surface area contributed by atoms with E-state index in [1.54, 1.807) is 11.8 Å². The van der Waals surface area contributed by atoms with Crippen LogP contribution in [0.3, 0.4) is 0 Å². The minimum absolute atomic E-state index is 0.648. The zero-order chi connectivity index (χ0) is 19.3. The second kappa shape index (κ2) is 8.47. The predicted molar refractivity (Wildman–Crippen MR) is 117 cm³/mol. The van der Waals surface area contributed by atoms with E-state index in [0.29, 0.717) is 5.56 Å². The summed E-state index contributed by atoms with van der Waals surface area (Å²) in [6, 6.07) is 28.3. The Morgan fingerprint density at radius 3 is 2.32 bits per heavy atom. The number of imidazole rings is 1. The third-order valence-electron chi connectivity index (χ3n) is 4.30. The van der Waals surface area contributed by atoms with Gasteiger partial charge in [-0.1, -0.05) is 70.2 Å². The summed E-state index contributed by atoms with van der Waals surface area (Å²) >= 11 is 5.21. The van der Waals surface area contributed by atoms with E-state index in [1.807, 2.05) is 42.5 Å². The van der Waals surface area contributed by atoms with Crippen molar-refractivity contribution in [3.05, 3.63) is 101 Å². The summed E-state index contributed by atoms with van der Waals surface area (Å²) in [6.07, 6.45) is 2.05. The summed E-state index contributed by atoms with van der Waals surface area (Å²) in [6.45, 7) is 0. The summed E-state index contributed by atoms with van der Waals surface area (Å²) < 4.78 is 3.16. The van der Waals surface area contributed by atoms with Gasteiger partial charge in [-0.05, 0) is 42.0 Å². The minimum atomic E-state index is 0.648. The standard InChI is InChI=1S/C23H16BrN3S/c24-20-10-12-21(13-11-20)27-15-22(19-8-6-17(14-25)7-9-19)26-23(27)28-16-18-4-2-1-3-5-18/h1-13,15H,16H2. The molecule has 0 radical (unpaired) electrons. The molecule has 0 aliphatic rings. The van der Waals surface area contributed by atoms with E-state index in [2.05, 4.69) is 69.2 Å². The molecule has 0 bridgehead atoms. The van der Waals surface area contributed by atoms with Gasteiger partial charge in [-0.25, -0.2) is 4.98 Å². The van der Waals surface area contributed by atoms with Gasteiger partial charge in [0, 0.05) is 27.7 Å². The zero-order valence-corrected chi connectivity index (χ0v) is 17.3. The number of rotatable bonds is 5. The lowest BCUT2D eigenvalue weighted by atomic mass is 10.1. The molecule has 0 N–H and O–H groups in total. The average molecular weight is 446 g/mol. The van der Waals surface area contributed by atoms with Crippen molar-refractivity contribution in [3.63, 3.8) is 0 Å². The normalized spacial score (nSPS) is 10.6. The molecule has 4 aromatic rings. The highest BCUT2D eigenvalue weighted by Crippen LogP contribution is 2.30. The number of halogens is 1. The topological polar surface area (TPSA) is 41.6 Å². The van der Waals surface area contributed by atoms with Crippen LogP contribution in [0.2, 0.25) is 0 Å². The molecule has 4 rings (SSSR count). The van der Waals surface area contributed by atoms with Crippen LogP contribution in [0, 0.1) is 11.3 Å². The van der Waals surface area contributed by atoms with Gasteiger partial charge in [0.2, 0.25) is 0 Å². The van der Waals surface area contributed by atoms with Crippen LogP contribution in [-0.2, 0) is 5.75 Å². The number of hydrogen-bond acceptors (Lipinski definition) is 3. The van der Waals surface area contributed by atoms with Gasteiger partial charge in [0.15, 0.2) is 5.16 Å². The van der Waals surface area contributed by atoms with Gasteiger partial charge in [-0.2, -0.15) is 5.26 Å². The van der Waals surface area contributed by atoms with Crippen LogP contribution in [0.1, 0.15) is 11.1 Å². The summed E-state index contributed by atoms with van der Waals surface area (Å²) in [5.74, 6) is 0.848. The van der Waals surface area contributed by atoms with E-state index >= 15 is 0 Å². The zero-order valence-electron chi connectivity index (χ0n) is 14.9. The Labute approximate surface area is 176 Å². The van der Waals surface area contributed by atoms with Crippen molar-refractivity contribution < 1.29 is 0 Å². The van der Waals surface area contributed by atoms with E-state index in [4.69, 9.17) is 10.2 Å². The Kier molecular flexibility index (Phi) is 5.61. The van der Waals surface area contributed by atoms with Crippen molar-refractivity contribution in [2.24, 2.45) is 0 Å². The molecule has 0 saturated heterocycles. The van der Waals surface area contributed by atoms with Crippen LogP contribution >= 0.6 is 27.7 Å². The second-order valence-corrected chi connectivity index (χ2v) is 8.08. The highest BCUT2D eigenvalue weighted by Gasteiger charge is 2.12. The molecule has 0 atom stereocenters. The molecule has 0 aliphatic carbocycles. The van der Waals surface area contributed by atoms with Crippen LogP contribution in [0.25, 0.3) is 16.9 Å².